The van der Waals surface area contributed by atoms with Crippen molar-refractivity contribution in [3.63, 3.8) is 0 Å². The van der Waals surface area contributed by atoms with E-state index in [1.54, 1.807) is 13.8 Å². The van der Waals surface area contributed by atoms with Crippen molar-refractivity contribution in [1.29, 1.82) is 0 Å². The number of carbonyl (C=O) groups is 1. The molecule has 0 aromatic carbocycles. The molecule has 0 aliphatic carbocycles. The lowest BCUT2D eigenvalue weighted by Crippen LogP contribution is -3.13. The summed E-state index contributed by atoms with van der Waals surface area (Å²) in [6, 6.07) is 0. The van der Waals surface area contributed by atoms with E-state index in [0.29, 0.717) is 51.5 Å². The Labute approximate surface area is 151 Å². The number of thiophene rings is 1. The number of hydrogen-bond donors (Lipinski definition) is 2. The summed E-state index contributed by atoms with van der Waals surface area (Å²) in [5.41, 5.74) is 0.494. The van der Waals surface area contributed by atoms with Crippen LogP contribution in [0.3, 0.4) is 0 Å². The molecule has 0 spiro atoms. The Morgan fingerprint density at radius 3 is 2.68 bits per heavy atom. The number of ether oxygens (including phenoxy) is 1. The number of quaternary nitrogens is 1. The number of aromatic amines is 1. The zero-order valence-electron chi connectivity index (χ0n) is 15.3. The number of nitrogens with one attached hydrogen (secondary N) is 2. The molecule has 25 heavy (non-hydrogen) atoms. The van der Waals surface area contributed by atoms with Crippen LogP contribution < -0.4 is 10.5 Å². The molecule has 2 atom stereocenters. The number of carbonyl (C=O) groups excluding carboxylic acids is 1. The predicted molar refractivity (Wildman–Crippen MR) is 98.3 cm³/mol. The van der Waals surface area contributed by atoms with Crippen molar-refractivity contribution in [1.82, 2.24) is 9.97 Å². The second kappa shape index (κ2) is 7.25. The number of aryl methyl sites for hydroxylation is 1. The first-order valence-electron chi connectivity index (χ1n) is 8.92. The largest absolute Gasteiger partial charge is 0.462 e. The SMILES string of the molecule is CCOC(=O)c1sc2nc(C[NH+]3C[C@@H](C)C[C@H](C)C3)[nH]c(=O)c2c1C. The fourth-order valence-corrected chi connectivity index (χ4v) is 5.06. The summed E-state index contributed by atoms with van der Waals surface area (Å²) < 4.78 is 5.08. The van der Waals surface area contributed by atoms with Crippen LogP contribution in [0.5, 0.6) is 0 Å². The van der Waals surface area contributed by atoms with Crippen LogP contribution in [0.1, 0.15) is 48.3 Å². The van der Waals surface area contributed by atoms with Crippen molar-refractivity contribution in [3.05, 3.63) is 26.6 Å². The van der Waals surface area contributed by atoms with Gasteiger partial charge >= 0.3 is 5.97 Å². The summed E-state index contributed by atoms with van der Waals surface area (Å²) in [5.74, 6) is 1.70. The summed E-state index contributed by atoms with van der Waals surface area (Å²) in [5, 5.41) is 0.507. The molecule has 136 valence electrons. The standard InChI is InChI=1S/C18H25N3O3S/c1-5-24-18(23)15-12(4)14-16(22)19-13(20-17(14)25-15)9-21-7-10(2)6-11(3)8-21/h10-11H,5-9H2,1-4H3,(H,19,20,22)/p+1/t10-,11-/m0/s1. The van der Waals surface area contributed by atoms with Gasteiger partial charge < -0.3 is 14.6 Å². The van der Waals surface area contributed by atoms with Crippen LogP contribution in [-0.2, 0) is 11.3 Å². The maximum absolute atomic E-state index is 12.5. The van der Waals surface area contributed by atoms with Crippen LogP contribution in [-0.4, -0.2) is 35.6 Å². The molecule has 3 heterocycles. The molecule has 3 rings (SSSR count). The molecule has 2 aromatic heterocycles. The Bertz CT molecular complexity index is 832. The van der Waals surface area contributed by atoms with Crippen LogP contribution in [0, 0.1) is 18.8 Å². The minimum absolute atomic E-state index is 0.165. The third kappa shape index (κ3) is 3.77. The van der Waals surface area contributed by atoms with Gasteiger partial charge in [-0.2, -0.15) is 0 Å². The third-order valence-electron chi connectivity index (χ3n) is 4.81. The molecule has 2 aromatic rings. The summed E-state index contributed by atoms with van der Waals surface area (Å²) in [6.45, 7) is 11.3. The van der Waals surface area contributed by atoms with Gasteiger partial charge in [0, 0.05) is 11.8 Å². The zero-order chi connectivity index (χ0) is 18.1. The van der Waals surface area contributed by atoms with Crippen molar-refractivity contribution in [3.8, 4) is 0 Å². The zero-order valence-corrected chi connectivity index (χ0v) is 16.1. The van der Waals surface area contributed by atoms with Gasteiger partial charge in [0.05, 0.1) is 25.1 Å². The van der Waals surface area contributed by atoms with Crippen molar-refractivity contribution in [2.45, 2.75) is 40.7 Å². The quantitative estimate of drug-likeness (QED) is 0.807. The van der Waals surface area contributed by atoms with Crippen LogP contribution in [0.2, 0.25) is 0 Å². The minimum atomic E-state index is -0.381. The molecule has 2 N–H and O–H groups in total. The van der Waals surface area contributed by atoms with Crippen LogP contribution >= 0.6 is 11.3 Å². The molecule has 1 aliphatic rings. The van der Waals surface area contributed by atoms with Gasteiger partial charge in [0.25, 0.3) is 5.56 Å². The van der Waals surface area contributed by atoms with E-state index in [0.717, 1.165) is 13.1 Å². The highest BCUT2D eigenvalue weighted by Crippen LogP contribution is 2.27. The molecule has 1 saturated heterocycles. The van der Waals surface area contributed by atoms with Gasteiger partial charge in [-0.15, -0.1) is 11.3 Å². The van der Waals surface area contributed by atoms with E-state index in [2.05, 4.69) is 23.8 Å². The van der Waals surface area contributed by atoms with E-state index >= 15 is 0 Å². The fraction of sp³-hybridized carbons (Fsp3) is 0.611. The van der Waals surface area contributed by atoms with E-state index in [4.69, 9.17) is 4.74 Å². The van der Waals surface area contributed by atoms with Crippen LogP contribution in [0.4, 0.5) is 0 Å². The molecular weight excluding hydrogens is 338 g/mol. The maximum atomic E-state index is 12.5. The highest BCUT2D eigenvalue weighted by molar-refractivity contribution is 7.20. The molecule has 0 amide bonds. The van der Waals surface area contributed by atoms with Gasteiger partial charge in [0.1, 0.15) is 16.3 Å². The lowest BCUT2D eigenvalue weighted by molar-refractivity contribution is -0.926. The fourth-order valence-electron chi connectivity index (χ4n) is 3.97. The smallest absolute Gasteiger partial charge is 0.348 e. The number of H-pyrrole nitrogens is 1. The van der Waals surface area contributed by atoms with Gasteiger partial charge in [-0.1, -0.05) is 13.8 Å². The first kappa shape index (κ1) is 18.1. The number of hydrogen-bond acceptors (Lipinski definition) is 5. The van der Waals surface area contributed by atoms with E-state index in [1.807, 2.05) is 0 Å². The number of aromatic nitrogens is 2. The lowest BCUT2D eigenvalue weighted by Gasteiger charge is -2.31. The Hall–Kier alpha value is -1.73. The highest BCUT2D eigenvalue weighted by Gasteiger charge is 2.26. The number of fused-ring (bicyclic) bond motifs is 1. The average Bonchev–Trinajstić information content (AvgIpc) is 2.83. The van der Waals surface area contributed by atoms with Crippen molar-refractivity contribution < 1.29 is 14.4 Å². The average molecular weight is 364 g/mol. The maximum Gasteiger partial charge on any atom is 0.348 e. The Morgan fingerprint density at radius 2 is 2.04 bits per heavy atom. The normalized spacial score (nSPS) is 23.8. The van der Waals surface area contributed by atoms with Gasteiger partial charge in [-0.25, -0.2) is 9.78 Å². The first-order chi connectivity index (χ1) is 11.9. The second-order valence-electron chi connectivity index (χ2n) is 7.25. The number of rotatable bonds is 4. The lowest BCUT2D eigenvalue weighted by atomic mass is 9.92. The third-order valence-corrected chi connectivity index (χ3v) is 5.97. The van der Waals surface area contributed by atoms with Crippen molar-refractivity contribution in [2.75, 3.05) is 19.7 Å². The van der Waals surface area contributed by atoms with Gasteiger partial charge in [-0.05, 0) is 25.8 Å². The summed E-state index contributed by atoms with van der Waals surface area (Å²) in [6.07, 6.45) is 1.26. The van der Waals surface area contributed by atoms with Crippen molar-refractivity contribution in [2.24, 2.45) is 11.8 Å². The number of piperidine rings is 1. The molecule has 1 aliphatic heterocycles. The van der Waals surface area contributed by atoms with Gasteiger partial charge in [0.2, 0.25) is 0 Å². The number of nitrogens with zero attached hydrogens (tertiary/aromatic N) is 1. The van der Waals surface area contributed by atoms with Gasteiger partial charge in [-0.3, -0.25) is 4.79 Å². The summed E-state index contributed by atoms with van der Waals surface area (Å²) >= 11 is 1.25. The molecule has 1 fully saturated rings. The second-order valence-corrected chi connectivity index (χ2v) is 8.25. The highest BCUT2D eigenvalue weighted by atomic mass is 32.1. The number of esters is 1. The first-order valence-corrected chi connectivity index (χ1v) is 9.73. The molecule has 7 heteroatoms. The molecule has 0 unspecified atom stereocenters. The monoisotopic (exact) mass is 364 g/mol. The minimum Gasteiger partial charge on any atom is -0.462 e. The van der Waals surface area contributed by atoms with E-state index in [-0.39, 0.29) is 11.5 Å². The molecular formula is C18H26N3O3S+. The van der Waals surface area contributed by atoms with Crippen molar-refractivity contribution >= 4 is 27.5 Å². The van der Waals surface area contributed by atoms with E-state index < -0.39 is 0 Å². The van der Waals surface area contributed by atoms with Gasteiger partial charge in [0.15, 0.2) is 5.82 Å². The Morgan fingerprint density at radius 1 is 1.36 bits per heavy atom. The summed E-state index contributed by atoms with van der Waals surface area (Å²) in [4.78, 5) is 34.7. The number of likely N-dealkylation sites (tertiary alicyclic amines) is 1. The Balaban J connectivity index is 1.91. The molecule has 0 radical (unpaired) electrons. The topological polar surface area (TPSA) is 76.5 Å². The molecule has 0 bridgehead atoms. The Kier molecular flexibility index (Phi) is 5.24. The van der Waals surface area contributed by atoms with E-state index in [9.17, 15) is 9.59 Å². The van der Waals surface area contributed by atoms with Crippen LogP contribution in [0.25, 0.3) is 10.2 Å². The van der Waals surface area contributed by atoms with Crippen LogP contribution in [0.15, 0.2) is 4.79 Å². The molecule has 0 saturated carbocycles. The molecule has 6 nitrogen and oxygen atoms in total. The van der Waals surface area contributed by atoms with E-state index in [1.165, 1.54) is 22.7 Å². The summed E-state index contributed by atoms with van der Waals surface area (Å²) in [7, 11) is 0. The predicted octanol–water partition coefficient (Wildman–Crippen LogP) is 1.53.